The second kappa shape index (κ2) is 3.28. The summed E-state index contributed by atoms with van der Waals surface area (Å²) in [5.41, 5.74) is 2.48. The summed E-state index contributed by atoms with van der Waals surface area (Å²) < 4.78 is 0. The Labute approximate surface area is 73.0 Å². The van der Waals surface area contributed by atoms with Gasteiger partial charge in [0.05, 0.1) is 6.10 Å². The zero-order valence-electron chi connectivity index (χ0n) is 7.16. The topological polar surface area (TPSA) is 20.2 Å². The molecule has 2 rings (SSSR count). The van der Waals surface area contributed by atoms with Crippen LogP contribution in [0.15, 0.2) is 24.3 Å². The van der Waals surface area contributed by atoms with Crippen LogP contribution in [0.5, 0.6) is 0 Å². The van der Waals surface area contributed by atoms with Gasteiger partial charge in [-0.3, -0.25) is 0 Å². The predicted octanol–water partition coefficient (Wildman–Crippen LogP) is 2.45. The van der Waals surface area contributed by atoms with Crippen molar-refractivity contribution in [2.75, 3.05) is 0 Å². The van der Waals surface area contributed by atoms with Crippen LogP contribution in [-0.2, 0) is 6.42 Å². The van der Waals surface area contributed by atoms with Crippen molar-refractivity contribution in [3.05, 3.63) is 35.4 Å². The zero-order chi connectivity index (χ0) is 8.39. The van der Waals surface area contributed by atoms with Crippen molar-refractivity contribution in [2.24, 2.45) is 0 Å². The van der Waals surface area contributed by atoms with Crippen LogP contribution in [0.2, 0.25) is 0 Å². The Bertz CT molecular complexity index is 267. The number of benzene rings is 1. The smallest absolute Gasteiger partial charge is 0.0792 e. The fourth-order valence-corrected chi connectivity index (χ4v) is 1.90. The van der Waals surface area contributed by atoms with Crippen LogP contribution in [0.4, 0.5) is 0 Å². The number of hydrogen-bond donors (Lipinski definition) is 1. The third kappa shape index (κ3) is 1.37. The van der Waals surface area contributed by atoms with E-state index in [0.717, 1.165) is 24.8 Å². The highest BCUT2D eigenvalue weighted by molar-refractivity contribution is 5.29. The first-order valence-electron chi connectivity index (χ1n) is 4.64. The molecule has 0 saturated heterocycles. The molecule has 1 N–H and O–H groups in total. The second-order valence-corrected chi connectivity index (χ2v) is 3.46. The van der Waals surface area contributed by atoms with Gasteiger partial charge in [0.1, 0.15) is 0 Å². The number of rotatable bonds is 0. The third-order valence-corrected chi connectivity index (χ3v) is 2.59. The molecule has 0 bridgehead atoms. The number of fused-ring (bicyclic) bond motifs is 1. The molecule has 12 heavy (non-hydrogen) atoms. The molecule has 1 heteroatoms. The minimum Gasteiger partial charge on any atom is -0.388 e. The summed E-state index contributed by atoms with van der Waals surface area (Å²) in [6.45, 7) is 0. The van der Waals surface area contributed by atoms with Crippen molar-refractivity contribution in [1.82, 2.24) is 0 Å². The van der Waals surface area contributed by atoms with Crippen molar-refractivity contribution >= 4 is 0 Å². The molecule has 0 fully saturated rings. The molecule has 1 aliphatic carbocycles. The monoisotopic (exact) mass is 162 g/mol. The summed E-state index contributed by atoms with van der Waals surface area (Å²) in [4.78, 5) is 0. The molecule has 1 nitrogen and oxygen atoms in total. The average molecular weight is 162 g/mol. The van der Waals surface area contributed by atoms with Gasteiger partial charge in [-0.05, 0) is 30.4 Å². The Morgan fingerprint density at radius 3 is 2.92 bits per heavy atom. The van der Waals surface area contributed by atoms with E-state index in [1.807, 2.05) is 12.1 Å². The van der Waals surface area contributed by atoms with Crippen molar-refractivity contribution in [1.29, 1.82) is 0 Å². The third-order valence-electron chi connectivity index (χ3n) is 2.59. The fourth-order valence-electron chi connectivity index (χ4n) is 1.90. The molecule has 1 aromatic rings. The van der Waals surface area contributed by atoms with Crippen LogP contribution in [0.3, 0.4) is 0 Å². The van der Waals surface area contributed by atoms with Crippen molar-refractivity contribution in [3.63, 3.8) is 0 Å². The van der Waals surface area contributed by atoms with Crippen LogP contribution in [-0.4, -0.2) is 5.11 Å². The molecule has 0 radical (unpaired) electrons. The Morgan fingerprint density at radius 1 is 1.17 bits per heavy atom. The van der Waals surface area contributed by atoms with Crippen molar-refractivity contribution in [2.45, 2.75) is 31.8 Å². The molecule has 1 aromatic carbocycles. The van der Waals surface area contributed by atoms with Gasteiger partial charge in [0.2, 0.25) is 0 Å². The normalized spacial score (nSPS) is 22.9. The molecule has 1 aliphatic rings. The Hall–Kier alpha value is -0.820. The van der Waals surface area contributed by atoms with Gasteiger partial charge in [0, 0.05) is 0 Å². The number of aliphatic hydroxyl groups excluding tert-OH is 1. The fraction of sp³-hybridized carbons (Fsp3) is 0.455. The first-order valence-corrected chi connectivity index (χ1v) is 4.64. The number of hydrogen-bond acceptors (Lipinski definition) is 1. The van der Waals surface area contributed by atoms with Gasteiger partial charge in [0.25, 0.3) is 0 Å². The summed E-state index contributed by atoms with van der Waals surface area (Å²) in [7, 11) is 0. The van der Waals surface area contributed by atoms with Gasteiger partial charge in [-0.2, -0.15) is 0 Å². The van der Waals surface area contributed by atoms with E-state index in [4.69, 9.17) is 0 Å². The van der Waals surface area contributed by atoms with Crippen LogP contribution in [0, 0.1) is 0 Å². The lowest BCUT2D eigenvalue weighted by Gasteiger charge is -2.10. The molecule has 1 atom stereocenters. The minimum atomic E-state index is -0.219. The van der Waals surface area contributed by atoms with E-state index >= 15 is 0 Å². The maximum Gasteiger partial charge on any atom is 0.0792 e. The molecule has 0 amide bonds. The van der Waals surface area contributed by atoms with Gasteiger partial charge in [0.15, 0.2) is 0 Å². The summed E-state index contributed by atoms with van der Waals surface area (Å²) in [5, 5.41) is 9.74. The largest absolute Gasteiger partial charge is 0.388 e. The van der Waals surface area contributed by atoms with Crippen LogP contribution in [0.1, 0.15) is 36.5 Å². The van der Waals surface area contributed by atoms with Crippen molar-refractivity contribution in [3.8, 4) is 0 Å². The lowest BCUT2D eigenvalue weighted by atomic mass is 10.0. The molecule has 0 saturated carbocycles. The van der Waals surface area contributed by atoms with E-state index < -0.39 is 0 Å². The highest BCUT2D eigenvalue weighted by Crippen LogP contribution is 2.27. The standard InChI is InChI=1S/C11H14O/c12-11-8-4-2-6-9-5-1-3-7-10(9)11/h1,3,5,7,11-12H,2,4,6,8H2/t11-/m0/s1. The second-order valence-electron chi connectivity index (χ2n) is 3.46. The average Bonchev–Trinajstić information content (AvgIpc) is 2.29. The van der Waals surface area contributed by atoms with Gasteiger partial charge in [-0.1, -0.05) is 30.7 Å². The van der Waals surface area contributed by atoms with Crippen LogP contribution >= 0.6 is 0 Å². The number of aryl methyl sites for hydroxylation is 1. The van der Waals surface area contributed by atoms with Gasteiger partial charge < -0.3 is 5.11 Å². The maximum absolute atomic E-state index is 9.74. The maximum atomic E-state index is 9.74. The molecule has 64 valence electrons. The summed E-state index contributed by atoms with van der Waals surface area (Å²) >= 11 is 0. The van der Waals surface area contributed by atoms with E-state index in [0.29, 0.717) is 0 Å². The van der Waals surface area contributed by atoms with Gasteiger partial charge in [-0.15, -0.1) is 0 Å². The molecule has 0 heterocycles. The minimum absolute atomic E-state index is 0.219. The Kier molecular flexibility index (Phi) is 2.13. The highest BCUT2D eigenvalue weighted by Gasteiger charge is 2.14. The molecule has 0 aromatic heterocycles. The summed E-state index contributed by atoms with van der Waals surface area (Å²) in [6, 6.07) is 8.24. The summed E-state index contributed by atoms with van der Waals surface area (Å²) in [5.74, 6) is 0. The molecular weight excluding hydrogens is 148 g/mol. The van der Waals surface area contributed by atoms with Gasteiger partial charge in [-0.25, -0.2) is 0 Å². The van der Waals surface area contributed by atoms with E-state index in [9.17, 15) is 5.11 Å². The van der Waals surface area contributed by atoms with E-state index in [-0.39, 0.29) is 6.10 Å². The van der Waals surface area contributed by atoms with Gasteiger partial charge >= 0.3 is 0 Å². The number of aliphatic hydroxyl groups is 1. The van der Waals surface area contributed by atoms with Crippen LogP contribution < -0.4 is 0 Å². The predicted molar refractivity (Wildman–Crippen MR) is 49.0 cm³/mol. The zero-order valence-corrected chi connectivity index (χ0v) is 7.16. The lowest BCUT2D eigenvalue weighted by Crippen LogP contribution is -1.97. The molecule has 0 spiro atoms. The van der Waals surface area contributed by atoms with Crippen LogP contribution in [0.25, 0.3) is 0 Å². The van der Waals surface area contributed by atoms with Crippen molar-refractivity contribution < 1.29 is 5.11 Å². The Morgan fingerprint density at radius 2 is 2.00 bits per heavy atom. The quantitative estimate of drug-likeness (QED) is 0.581. The first kappa shape index (κ1) is 7.81. The SMILES string of the molecule is O[C@H]1CCCCc2ccccc21. The summed E-state index contributed by atoms with van der Waals surface area (Å²) in [6.07, 6.45) is 4.21. The Balaban J connectivity index is 2.39. The first-order chi connectivity index (χ1) is 5.88. The molecule has 0 aliphatic heterocycles. The van der Waals surface area contributed by atoms with E-state index in [1.54, 1.807) is 0 Å². The molecular formula is C11H14O. The van der Waals surface area contributed by atoms with E-state index in [2.05, 4.69) is 12.1 Å². The highest BCUT2D eigenvalue weighted by atomic mass is 16.3. The lowest BCUT2D eigenvalue weighted by molar-refractivity contribution is 0.166. The van der Waals surface area contributed by atoms with E-state index in [1.165, 1.54) is 12.0 Å². The molecule has 0 unspecified atom stereocenters.